The largest absolute Gasteiger partial charge is 0.505 e. The maximum absolute atomic E-state index is 17.1. The number of nitrogens with zero attached hydrogens (tertiary/aromatic N) is 2. The predicted molar refractivity (Wildman–Crippen MR) is 380 cm³/mol. The van der Waals surface area contributed by atoms with Crippen molar-refractivity contribution < 1.29 is 46.0 Å². The molecule has 1 aliphatic rings. The zero-order chi connectivity index (χ0) is 70.2. The molecular formula is C83H98F6N2O4. The number of ether oxygens (including phenoxy) is 2. The molecule has 0 bridgehead atoms. The topological polar surface area (TPSA) is 68.8 Å². The highest BCUT2D eigenvalue weighted by Crippen LogP contribution is 2.51. The zero-order valence-corrected chi connectivity index (χ0v) is 60.0. The quantitative estimate of drug-likeness (QED) is 0.0647. The van der Waals surface area contributed by atoms with E-state index in [2.05, 4.69) is 201 Å². The number of aromatic hydroxyl groups is 2. The third-order valence-electron chi connectivity index (χ3n) is 19.2. The van der Waals surface area contributed by atoms with Gasteiger partial charge in [0.05, 0.1) is 52.3 Å². The minimum Gasteiger partial charge on any atom is -0.505 e. The summed E-state index contributed by atoms with van der Waals surface area (Å²) in [4.78, 5) is 0. The molecule has 95 heavy (non-hydrogen) atoms. The highest BCUT2D eigenvalue weighted by molar-refractivity contribution is 6.10. The van der Waals surface area contributed by atoms with Crippen molar-refractivity contribution >= 4 is 44.9 Å². The summed E-state index contributed by atoms with van der Waals surface area (Å²) in [6.45, 7) is 46.3. The Labute approximate surface area is 558 Å². The van der Waals surface area contributed by atoms with E-state index in [4.69, 9.17) is 9.47 Å². The van der Waals surface area contributed by atoms with Crippen LogP contribution in [0.4, 0.5) is 26.3 Å². The van der Waals surface area contributed by atoms with Crippen molar-refractivity contribution in [1.82, 2.24) is 9.13 Å². The summed E-state index contributed by atoms with van der Waals surface area (Å²) in [6, 6.07) is 27.4. The number of hydrogen-bond acceptors (Lipinski definition) is 4. The maximum atomic E-state index is 17.1. The van der Waals surface area contributed by atoms with E-state index in [0.29, 0.717) is 36.1 Å². The van der Waals surface area contributed by atoms with Gasteiger partial charge >= 0.3 is 0 Å². The first kappa shape index (κ1) is 70.2. The van der Waals surface area contributed by atoms with E-state index in [0.717, 1.165) is 72.1 Å². The van der Waals surface area contributed by atoms with Crippen molar-refractivity contribution in [3.05, 3.63) is 164 Å². The van der Waals surface area contributed by atoms with Crippen molar-refractivity contribution in [2.24, 2.45) is 22.2 Å². The van der Waals surface area contributed by atoms with Gasteiger partial charge in [0.1, 0.15) is 23.0 Å². The molecule has 0 aliphatic heterocycles. The van der Waals surface area contributed by atoms with Crippen molar-refractivity contribution in [2.45, 2.75) is 205 Å². The van der Waals surface area contributed by atoms with E-state index in [1.54, 1.807) is 12.1 Å². The summed E-state index contributed by atoms with van der Waals surface area (Å²) in [7, 11) is 0. The molecule has 506 valence electrons. The summed E-state index contributed by atoms with van der Waals surface area (Å²) in [5.74, 6) is -11.2. The number of benzene rings is 7. The van der Waals surface area contributed by atoms with Gasteiger partial charge < -0.3 is 28.8 Å². The van der Waals surface area contributed by atoms with Crippen LogP contribution >= 0.6 is 0 Å². The van der Waals surface area contributed by atoms with Crippen molar-refractivity contribution in [1.29, 1.82) is 0 Å². The number of rotatable bonds is 14. The van der Waals surface area contributed by atoms with Crippen molar-refractivity contribution in [3.8, 4) is 56.6 Å². The van der Waals surface area contributed by atoms with Crippen LogP contribution < -0.4 is 20.0 Å². The average Bonchev–Trinajstić information content (AvgIpc) is 1.63. The lowest BCUT2D eigenvalue weighted by Crippen LogP contribution is -2.35. The number of halogens is 6. The SMILES string of the molecule is CC(C)(C)CC(C)(C)c1cc(-c2c(OCCCOc3cc(F)c(F)c(F)c3-c3cc(C(C)(C)CC(C)(C)C)cc(-n4c5ccc(C(C)(C)C)cc5c5cc(C(C)(C)C)ccc54)c3O)cc(F)c(F)c2F)c(O)c(-n2c3c(c4cc(C(C)(C)C)ccc42)=CC(C(C)(C)C)CC=3)c1. The molecule has 2 N–H and O–H groups in total. The number of phenols is 2. The second-order valence-electron chi connectivity index (χ2n) is 34.8. The second-order valence-corrected chi connectivity index (χ2v) is 34.8. The molecule has 0 amide bonds. The summed E-state index contributed by atoms with van der Waals surface area (Å²) in [5, 5.41) is 30.6. The van der Waals surface area contributed by atoms with Gasteiger partial charge in [-0.05, 0) is 157 Å². The van der Waals surface area contributed by atoms with Crippen LogP contribution in [0, 0.1) is 57.1 Å². The normalized spacial score (nSPS) is 14.6. The molecule has 1 atom stereocenters. The summed E-state index contributed by atoms with van der Waals surface area (Å²) in [6.07, 6.45) is 6.38. The van der Waals surface area contributed by atoms with Crippen LogP contribution in [0.15, 0.2) is 91.0 Å². The molecule has 9 aromatic rings. The predicted octanol–water partition coefficient (Wildman–Crippen LogP) is 22.1. The van der Waals surface area contributed by atoms with Gasteiger partial charge in [0.25, 0.3) is 0 Å². The highest BCUT2D eigenvalue weighted by atomic mass is 19.2. The zero-order valence-electron chi connectivity index (χ0n) is 60.0. The molecule has 1 aliphatic carbocycles. The summed E-state index contributed by atoms with van der Waals surface area (Å²) in [5.41, 5.74) is 3.93. The molecule has 6 nitrogen and oxygen atoms in total. The monoisotopic (exact) mass is 1300 g/mol. The number of hydrogen-bond donors (Lipinski definition) is 2. The lowest BCUT2D eigenvalue weighted by Gasteiger charge is -2.34. The van der Waals surface area contributed by atoms with Gasteiger partial charge in [0.15, 0.2) is 34.9 Å². The Morgan fingerprint density at radius 3 is 1.17 bits per heavy atom. The fraction of sp³-hybridized carbons (Fsp3) is 0.446. The van der Waals surface area contributed by atoms with Gasteiger partial charge in [-0.3, -0.25) is 0 Å². The molecule has 2 heterocycles. The minimum absolute atomic E-state index is 0.0709. The smallest absolute Gasteiger partial charge is 0.195 e. The van der Waals surface area contributed by atoms with E-state index >= 15 is 26.3 Å². The van der Waals surface area contributed by atoms with Crippen LogP contribution in [-0.4, -0.2) is 32.6 Å². The van der Waals surface area contributed by atoms with Crippen LogP contribution in [0.25, 0.3) is 78.5 Å². The van der Waals surface area contributed by atoms with Gasteiger partial charge in [-0.1, -0.05) is 183 Å². The van der Waals surface area contributed by atoms with Crippen LogP contribution in [-0.2, 0) is 27.1 Å². The number of aromatic nitrogens is 2. The Kier molecular flexibility index (Phi) is 17.9. The van der Waals surface area contributed by atoms with Gasteiger partial charge in [-0.25, -0.2) is 26.3 Å². The first-order valence-electron chi connectivity index (χ1n) is 33.5. The summed E-state index contributed by atoms with van der Waals surface area (Å²) >= 11 is 0. The van der Waals surface area contributed by atoms with E-state index in [-0.39, 0.29) is 74.9 Å². The van der Waals surface area contributed by atoms with E-state index in [1.807, 2.05) is 39.5 Å². The summed E-state index contributed by atoms with van der Waals surface area (Å²) < 4.78 is 114. The lowest BCUT2D eigenvalue weighted by molar-refractivity contribution is 0.245. The Balaban J connectivity index is 1.08. The molecule has 12 heteroatoms. The molecular weight excluding hydrogens is 1200 g/mol. The van der Waals surface area contributed by atoms with Crippen molar-refractivity contribution in [3.63, 3.8) is 0 Å². The van der Waals surface area contributed by atoms with Gasteiger partial charge in [-0.2, -0.15) is 0 Å². The van der Waals surface area contributed by atoms with Crippen LogP contribution in [0.2, 0.25) is 0 Å². The molecule has 1 unspecified atom stereocenters. The number of fused-ring (bicyclic) bond motifs is 6. The third kappa shape index (κ3) is 13.6. The Morgan fingerprint density at radius 2 is 0.800 bits per heavy atom. The van der Waals surface area contributed by atoms with Gasteiger partial charge in [0, 0.05) is 56.4 Å². The van der Waals surface area contributed by atoms with Gasteiger partial charge in [-0.15, -0.1) is 0 Å². The molecule has 0 spiro atoms. The fourth-order valence-corrected chi connectivity index (χ4v) is 14.7. The number of phenolic OH excluding ortho intramolecular Hbond substituents is 2. The second kappa shape index (κ2) is 24.2. The lowest BCUT2D eigenvalue weighted by atomic mass is 9.71. The van der Waals surface area contributed by atoms with E-state index in [9.17, 15) is 10.2 Å². The van der Waals surface area contributed by atoms with E-state index in [1.165, 1.54) is 0 Å². The van der Waals surface area contributed by atoms with Crippen molar-refractivity contribution in [2.75, 3.05) is 13.2 Å². The Bertz CT molecular complexity index is 4580. The molecule has 10 rings (SSSR count). The molecule has 2 aromatic heterocycles. The van der Waals surface area contributed by atoms with Crippen LogP contribution in [0.3, 0.4) is 0 Å². The molecule has 0 fully saturated rings. The average molecular weight is 1300 g/mol. The Morgan fingerprint density at radius 1 is 0.432 bits per heavy atom. The fourth-order valence-electron chi connectivity index (χ4n) is 14.7. The third-order valence-corrected chi connectivity index (χ3v) is 19.2. The molecule has 0 radical (unpaired) electrons. The first-order chi connectivity index (χ1) is 43.7. The Hall–Kier alpha value is -7.60. The minimum atomic E-state index is -1.77. The van der Waals surface area contributed by atoms with E-state index < -0.39 is 79.9 Å². The van der Waals surface area contributed by atoms with Gasteiger partial charge in [0.2, 0.25) is 0 Å². The standard InChI is InChI=1S/C83H98F6N2O4/c1-76(2,3)44-82(19,20)50-38-56(74(92)64(40-50)90-60-28-24-46(78(7,8)9)34-52(60)53-35-47(79(10,11)12)25-29-61(53)90)68-66(42-58(84)70(86)72(68)88)94-32-23-33-95-67-43-59(85)71(87)73(89)69(67)57-39-51(83(21,22)45-77(4,5)6)41-65(75(57)93)91-62-30-26-48(80(13,14)15)36-54(62)55-37-49(81(16,17)18)27-31-63(55)91/h24-26,28-31,34-43,49,92-93H,23,27,32-33,44-45H2,1-22H3. The molecule has 0 saturated heterocycles. The first-order valence-corrected chi connectivity index (χ1v) is 33.5. The molecule has 0 saturated carbocycles. The maximum Gasteiger partial charge on any atom is 0.195 e. The van der Waals surface area contributed by atoms with Crippen LogP contribution in [0.1, 0.15) is 206 Å². The molecule has 7 aromatic carbocycles. The van der Waals surface area contributed by atoms with Crippen LogP contribution in [0.5, 0.6) is 23.0 Å². The highest BCUT2D eigenvalue weighted by Gasteiger charge is 2.36.